The Kier molecular flexibility index (Phi) is 5.71. The lowest BCUT2D eigenvalue weighted by Crippen LogP contribution is -2.17. The molecule has 0 aliphatic heterocycles. The molecule has 1 aliphatic carbocycles. The second-order valence-electron chi connectivity index (χ2n) is 5.95. The first-order chi connectivity index (χ1) is 10.2. The van der Waals surface area contributed by atoms with E-state index in [1.165, 1.54) is 38.5 Å². The highest BCUT2D eigenvalue weighted by molar-refractivity contribution is 5.90. The third-order valence-corrected chi connectivity index (χ3v) is 4.40. The standard InChI is InChI=1S/C17H26N2O2/c1-4-6-13-7-9-14(10-8-13)16-18-11-15(12(3)19-16)17(20)21-5-2/h11,13-14H,4-10H2,1-3H3. The quantitative estimate of drug-likeness (QED) is 0.768. The van der Waals surface area contributed by atoms with E-state index in [0.29, 0.717) is 18.1 Å². The largest absolute Gasteiger partial charge is 0.462 e. The summed E-state index contributed by atoms with van der Waals surface area (Å²) in [5.41, 5.74) is 1.22. The minimum atomic E-state index is -0.326. The minimum absolute atomic E-state index is 0.326. The zero-order valence-electron chi connectivity index (χ0n) is 13.4. The van der Waals surface area contributed by atoms with Crippen LogP contribution in [0.3, 0.4) is 0 Å². The molecular formula is C17H26N2O2. The van der Waals surface area contributed by atoms with Crippen molar-refractivity contribution in [2.24, 2.45) is 5.92 Å². The van der Waals surface area contributed by atoms with E-state index in [-0.39, 0.29) is 5.97 Å². The summed E-state index contributed by atoms with van der Waals surface area (Å²) in [6, 6.07) is 0. The molecule has 0 aromatic carbocycles. The second kappa shape index (κ2) is 7.53. The summed E-state index contributed by atoms with van der Waals surface area (Å²) in [5, 5.41) is 0. The summed E-state index contributed by atoms with van der Waals surface area (Å²) in [4.78, 5) is 20.8. The number of aryl methyl sites for hydroxylation is 1. The number of rotatable bonds is 5. The number of hydrogen-bond donors (Lipinski definition) is 0. The summed E-state index contributed by atoms with van der Waals surface area (Å²) >= 11 is 0. The highest BCUT2D eigenvalue weighted by Crippen LogP contribution is 2.36. The van der Waals surface area contributed by atoms with Gasteiger partial charge in [-0.1, -0.05) is 19.8 Å². The first-order valence-corrected chi connectivity index (χ1v) is 8.16. The molecule has 0 amide bonds. The molecule has 0 saturated heterocycles. The van der Waals surface area contributed by atoms with Crippen LogP contribution in [0.15, 0.2) is 6.20 Å². The molecule has 116 valence electrons. The van der Waals surface area contributed by atoms with Crippen LogP contribution in [-0.4, -0.2) is 22.5 Å². The normalized spacial score (nSPS) is 22.0. The summed E-state index contributed by atoms with van der Waals surface area (Å²) in [5.74, 6) is 1.91. The molecule has 0 N–H and O–H groups in total. The Morgan fingerprint density at radius 3 is 2.57 bits per heavy atom. The topological polar surface area (TPSA) is 52.1 Å². The Balaban J connectivity index is 2.02. The lowest BCUT2D eigenvalue weighted by Gasteiger charge is -2.27. The van der Waals surface area contributed by atoms with Crippen molar-refractivity contribution in [2.75, 3.05) is 6.61 Å². The van der Waals surface area contributed by atoms with Crippen molar-refractivity contribution in [3.8, 4) is 0 Å². The molecule has 0 radical (unpaired) electrons. The average molecular weight is 290 g/mol. The fourth-order valence-corrected chi connectivity index (χ4v) is 3.21. The van der Waals surface area contributed by atoms with Crippen LogP contribution in [-0.2, 0) is 4.74 Å². The van der Waals surface area contributed by atoms with E-state index < -0.39 is 0 Å². The van der Waals surface area contributed by atoms with Gasteiger partial charge in [0.1, 0.15) is 5.82 Å². The molecule has 1 aromatic heterocycles. The van der Waals surface area contributed by atoms with Crippen molar-refractivity contribution in [2.45, 2.75) is 65.2 Å². The highest BCUT2D eigenvalue weighted by Gasteiger charge is 2.24. The lowest BCUT2D eigenvalue weighted by atomic mass is 9.80. The van der Waals surface area contributed by atoms with E-state index in [1.807, 2.05) is 6.92 Å². The van der Waals surface area contributed by atoms with Gasteiger partial charge in [-0.2, -0.15) is 0 Å². The zero-order valence-corrected chi connectivity index (χ0v) is 13.4. The van der Waals surface area contributed by atoms with E-state index in [9.17, 15) is 4.79 Å². The molecule has 0 bridgehead atoms. The van der Waals surface area contributed by atoms with Crippen LogP contribution < -0.4 is 0 Å². The monoisotopic (exact) mass is 290 g/mol. The highest BCUT2D eigenvalue weighted by atomic mass is 16.5. The fraction of sp³-hybridized carbons (Fsp3) is 0.706. The molecule has 1 aromatic rings. The van der Waals surface area contributed by atoms with Crippen LogP contribution in [0.4, 0.5) is 0 Å². The average Bonchev–Trinajstić information content (AvgIpc) is 2.48. The van der Waals surface area contributed by atoms with E-state index >= 15 is 0 Å². The lowest BCUT2D eigenvalue weighted by molar-refractivity contribution is 0.0524. The molecule has 2 rings (SSSR count). The first kappa shape index (κ1) is 15.9. The minimum Gasteiger partial charge on any atom is -0.462 e. The number of nitrogens with zero attached hydrogens (tertiary/aromatic N) is 2. The molecule has 4 heteroatoms. The van der Waals surface area contributed by atoms with Crippen molar-refractivity contribution in [1.82, 2.24) is 9.97 Å². The van der Waals surface area contributed by atoms with Gasteiger partial charge in [0, 0.05) is 12.1 Å². The number of carbonyl (C=O) groups excluding carboxylic acids is 1. The molecule has 0 unspecified atom stereocenters. The second-order valence-corrected chi connectivity index (χ2v) is 5.95. The van der Waals surface area contributed by atoms with Crippen LogP contribution >= 0.6 is 0 Å². The number of esters is 1. The van der Waals surface area contributed by atoms with Crippen molar-refractivity contribution >= 4 is 5.97 Å². The van der Waals surface area contributed by atoms with Gasteiger partial charge in [0.15, 0.2) is 0 Å². The third kappa shape index (κ3) is 4.02. The molecule has 1 saturated carbocycles. The van der Waals surface area contributed by atoms with Crippen LogP contribution in [0.25, 0.3) is 0 Å². The van der Waals surface area contributed by atoms with Crippen LogP contribution in [0.1, 0.15) is 80.2 Å². The van der Waals surface area contributed by atoms with Gasteiger partial charge in [-0.15, -0.1) is 0 Å². The van der Waals surface area contributed by atoms with Gasteiger partial charge in [0.2, 0.25) is 0 Å². The number of carbonyl (C=O) groups is 1. The molecule has 4 nitrogen and oxygen atoms in total. The summed E-state index contributed by atoms with van der Waals surface area (Å²) in [6.07, 6.45) is 9.15. The number of ether oxygens (including phenoxy) is 1. The molecular weight excluding hydrogens is 264 g/mol. The van der Waals surface area contributed by atoms with Crippen molar-refractivity contribution in [3.63, 3.8) is 0 Å². The van der Waals surface area contributed by atoms with Crippen molar-refractivity contribution in [1.29, 1.82) is 0 Å². The third-order valence-electron chi connectivity index (χ3n) is 4.40. The molecule has 1 aliphatic rings. The van der Waals surface area contributed by atoms with Gasteiger partial charge in [-0.3, -0.25) is 0 Å². The van der Waals surface area contributed by atoms with E-state index in [4.69, 9.17) is 4.74 Å². The zero-order chi connectivity index (χ0) is 15.2. The molecule has 21 heavy (non-hydrogen) atoms. The van der Waals surface area contributed by atoms with Gasteiger partial charge in [0.25, 0.3) is 0 Å². The Hall–Kier alpha value is -1.45. The fourth-order valence-electron chi connectivity index (χ4n) is 3.21. The summed E-state index contributed by atoms with van der Waals surface area (Å²) < 4.78 is 5.02. The van der Waals surface area contributed by atoms with Crippen LogP contribution in [0.2, 0.25) is 0 Å². The summed E-state index contributed by atoms with van der Waals surface area (Å²) in [6.45, 7) is 6.30. The van der Waals surface area contributed by atoms with E-state index in [1.54, 1.807) is 13.1 Å². The Morgan fingerprint density at radius 2 is 2.00 bits per heavy atom. The maximum Gasteiger partial charge on any atom is 0.341 e. The van der Waals surface area contributed by atoms with Gasteiger partial charge in [-0.05, 0) is 45.4 Å². The SMILES string of the molecule is CCCC1CCC(c2ncc(C(=O)OCC)c(C)n2)CC1. The van der Waals surface area contributed by atoms with Gasteiger partial charge < -0.3 is 4.74 Å². The number of aromatic nitrogens is 2. The Labute approximate surface area is 127 Å². The molecule has 0 spiro atoms. The predicted octanol–water partition coefficient (Wildman–Crippen LogP) is 4.04. The molecule has 1 heterocycles. The van der Waals surface area contributed by atoms with Crippen LogP contribution in [0, 0.1) is 12.8 Å². The van der Waals surface area contributed by atoms with Crippen molar-refractivity contribution in [3.05, 3.63) is 23.3 Å². The maximum atomic E-state index is 11.8. The molecule has 1 fully saturated rings. The maximum absolute atomic E-state index is 11.8. The Morgan fingerprint density at radius 1 is 1.29 bits per heavy atom. The summed E-state index contributed by atoms with van der Waals surface area (Å²) in [7, 11) is 0. The smallest absolute Gasteiger partial charge is 0.341 e. The number of hydrogen-bond acceptors (Lipinski definition) is 4. The van der Waals surface area contributed by atoms with E-state index in [2.05, 4.69) is 16.9 Å². The predicted molar refractivity (Wildman–Crippen MR) is 82.3 cm³/mol. The first-order valence-electron chi connectivity index (χ1n) is 8.16. The van der Waals surface area contributed by atoms with Crippen molar-refractivity contribution < 1.29 is 9.53 Å². The van der Waals surface area contributed by atoms with E-state index in [0.717, 1.165) is 17.4 Å². The van der Waals surface area contributed by atoms with Gasteiger partial charge in [0.05, 0.1) is 17.9 Å². The van der Waals surface area contributed by atoms with Gasteiger partial charge in [-0.25, -0.2) is 14.8 Å². The Bertz CT molecular complexity index is 480. The van der Waals surface area contributed by atoms with Gasteiger partial charge >= 0.3 is 5.97 Å². The van der Waals surface area contributed by atoms with Crippen LogP contribution in [0.5, 0.6) is 0 Å². The molecule has 0 atom stereocenters.